The van der Waals surface area contributed by atoms with Crippen LogP contribution in [0.25, 0.3) is 11.5 Å². The van der Waals surface area contributed by atoms with E-state index in [1.165, 1.54) is 0 Å². The fraction of sp³-hybridized carbons (Fsp3) is 0.385. The van der Waals surface area contributed by atoms with Crippen molar-refractivity contribution in [1.82, 2.24) is 10.1 Å². The Hall–Kier alpha value is -1.39. The van der Waals surface area contributed by atoms with Crippen molar-refractivity contribution in [1.29, 1.82) is 0 Å². The van der Waals surface area contributed by atoms with Gasteiger partial charge in [0, 0.05) is 23.1 Å². The zero-order chi connectivity index (χ0) is 12.5. The molecule has 0 bridgehead atoms. The Morgan fingerprint density at radius 3 is 3.06 bits per heavy atom. The third-order valence-electron chi connectivity index (χ3n) is 3.23. The summed E-state index contributed by atoms with van der Waals surface area (Å²) in [5, 5.41) is 4.74. The van der Waals surface area contributed by atoms with Gasteiger partial charge < -0.3 is 9.26 Å². The number of benzene rings is 1. The first kappa shape index (κ1) is 11.7. The molecule has 0 radical (unpaired) electrons. The van der Waals surface area contributed by atoms with Crippen LogP contribution in [0.15, 0.2) is 22.7 Å². The normalized spacial score (nSPS) is 19.3. The summed E-state index contributed by atoms with van der Waals surface area (Å²) in [5.74, 6) is 1.50. The van der Waals surface area contributed by atoms with E-state index in [0.717, 1.165) is 30.0 Å². The summed E-state index contributed by atoms with van der Waals surface area (Å²) in [6.45, 7) is 3.39. The van der Waals surface area contributed by atoms with Crippen molar-refractivity contribution in [2.45, 2.75) is 19.3 Å². The number of hydrogen-bond acceptors (Lipinski definition) is 4. The summed E-state index contributed by atoms with van der Waals surface area (Å²) >= 11 is 6.09. The van der Waals surface area contributed by atoms with Gasteiger partial charge in [-0.25, -0.2) is 0 Å². The minimum atomic E-state index is 0.252. The van der Waals surface area contributed by atoms with E-state index < -0.39 is 0 Å². The molecule has 94 valence electrons. The second kappa shape index (κ2) is 4.71. The lowest BCUT2D eigenvalue weighted by Crippen LogP contribution is -1.99. The molecular weight excluding hydrogens is 252 g/mol. The highest BCUT2D eigenvalue weighted by atomic mass is 35.5. The van der Waals surface area contributed by atoms with Crippen LogP contribution < -0.4 is 0 Å². The van der Waals surface area contributed by atoms with Crippen LogP contribution in [0, 0.1) is 6.92 Å². The highest BCUT2D eigenvalue weighted by Crippen LogP contribution is 2.29. The SMILES string of the molecule is Cc1c(Cl)cccc1-c1nc([C@H]2CCOC2)no1. The van der Waals surface area contributed by atoms with Gasteiger partial charge in [-0.1, -0.05) is 22.8 Å². The van der Waals surface area contributed by atoms with Gasteiger partial charge in [-0.2, -0.15) is 4.98 Å². The Morgan fingerprint density at radius 2 is 2.28 bits per heavy atom. The van der Waals surface area contributed by atoms with Gasteiger partial charge in [0.25, 0.3) is 5.89 Å². The topological polar surface area (TPSA) is 48.2 Å². The maximum atomic E-state index is 6.09. The lowest BCUT2D eigenvalue weighted by molar-refractivity contribution is 0.192. The van der Waals surface area contributed by atoms with Crippen LogP contribution in [0.2, 0.25) is 5.02 Å². The molecule has 5 heteroatoms. The molecular formula is C13H13ClN2O2. The number of hydrogen-bond donors (Lipinski definition) is 0. The first-order valence-electron chi connectivity index (χ1n) is 5.92. The molecule has 18 heavy (non-hydrogen) atoms. The monoisotopic (exact) mass is 264 g/mol. The van der Waals surface area contributed by atoms with Crippen LogP contribution in [0.3, 0.4) is 0 Å². The average molecular weight is 265 g/mol. The minimum Gasteiger partial charge on any atom is -0.381 e. The predicted octanol–water partition coefficient (Wildman–Crippen LogP) is 3.20. The highest BCUT2D eigenvalue weighted by Gasteiger charge is 2.23. The zero-order valence-electron chi connectivity index (χ0n) is 10.0. The van der Waals surface area contributed by atoms with E-state index in [1.807, 2.05) is 25.1 Å². The Morgan fingerprint density at radius 1 is 1.39 bits per heavy atom. The fourth-order valence-electron chi connectivity index (χ4n) is 2.09. The van der Waals surface area contributed by atoms with Crippen LogP contribution in [0.4, 0.5) is 0 Å². The molecule has 1 aliphatic heterocycles. The molecule has 1 aromatic carbocycles. The molecule has 1 fully saturated rings. The molecule has 1 atom stereocenters. The van der Waals surface area contributed by atoms with Gasteiger partial charge in [0.2, 0.25) is 0 Å². The third kappa shape index (κ3) is 2.02. The number of rotatable bonds is 2. The van der Waals surface area contributed by atoms with Gasteiger partial charge in [-0.3, -0.25) is 0 Å². The molecule has 2 aromatic rings. The van der Waals surface area contributed by atoms with Crippen LogP contribution >= 0.6 is 11.6 Å². The maximum Gasteiger partial charge on any atom is 0.258 e. The number of ether oxygens (including phenoxy) is 1. The largest absolute Gasteiger partial charge is 0.381 e. The van der Waals surface area contributed by atoms with E-state index in [-0.39, 0.29) is 5.92 Å². The van der Waals surface area contributed by atoms with E-state index in [9.17, 15) is 0 Å². The van der Waals surface area contributed by atoms with Crippen molar-refractivity contribution >= 4 is 11.6 Å². The molecule has 0 N–H and O–H groups in total. The van der Waals surface area contributed by atoms with E-state index >= 15 is 0 Å². The van der Waals surface area contributed by atoms with Crippen LogP contribution in [-0.4, -0.2) is 23.4 Å². The molecule has 3 rings (SSSR count). The van der Waals surface area contributed by atoms with Gasteiger partial charge in [-0.05, 0) is 31.0 Å². The number of aromatic nitrogens is 2. The fourth-order valence-corrected chi connectivity index (χ4v) is 2.26. The second-order valence-electron chi connectivity index (χ2n) is 4.43. The lowest BCUT2D eigenvalue weighted by Gasteiger charge is -2.02. The summed E-state index contributed by atoms with van der Waals surface area (Å²) in [6.07, 6.45) is 0.952. The smallest absolute Gasteiger partial charge is 0.258 e. The zero-order valence-corrected chi connectivity index (χ0v) is 10.8. The van der Waals surface area contributed by atoms with Gasteiger partial charge in [0.15, 0.2) is 5.82 Å². The molecule has 1 aromatic heterocycles. The molecule has 1 saturated heterocycles. The maximum absolute atomic E-state index is 6.09. The van der Waals surface area contributed by atoms with Crippen LogP contribution in [-0.2, 0) is 4.74 Å². The first-order valence-corrected chi connectivity index (χ1v) is 6.30. The van der Waals surface area contributed by atoms with Gasteiger partial charge in [0.05, 0.1) is 6.61 Å². The van der Waals surface area contributed by atoms with E-state index in [2.05, 4.69) is 10.1 Å². The second-order valence-corrected chi connectivity index (χ2v) is 4.84. The molecule has 1 aliphatic rings. The first-order chi connectivity index (χ1) is 8.75. The summed E-state index contributed by atoms with van der Waals surface area (Å²) in [5.41, 5.74) is 1.84. The number of nitrogens with zero attached hydrogens (tertiary/aromatic N) is 2. The average Bonchev–Trinajstić information content (AvgIpc) is 3.01. The van der Waals surface area contributed by atoms with Crippen molar-refractivity contribution in [3.63, 3.8) is 0 Å². The predicted molar refractivity (Wildman–Crippen MR) is 67.7 cm³/mol. The van der Waals surface area contributed by atoms with Crippen molar-refractivity contribution in [2.75, 3.05) is 13.2 Å². The molecule has 0 saturated carbocycles. The summed E-state index contributed by atoms with van der Waals surface area (Å²) in [6, 6.07) is 5.67. The van der Waals surface area contributed by atoms with E-state index in [1.54, 1.807) is 0 Å². The van der Waals surface area contributed by atoms with Gasteiger partial charge >= 0.3 is 0 Å². The molecule has 0 spiro atoms. The van der Waals surface area contributed by atoms with Crippen molar-refractivity contribution < 1.29 is 9.26 Å². The standard InChI is InChI=1S/C13H13ClN2O2/c1-8-10(3-2-4-11(8)14)13-15-12(16-18-13)9-5-6-17-7-9/h2-4,9H,5-7H2,1H3/t9-/m0/s1. The quantitative estimate of drug-likeness (QED) is 0.836. The van der Waals surface area contributed by atoms with Crippen molar-refractivity contribution in [3.8, 4) is 11.5 Å². The third-order valence-corrected chi connectivity index (χ3v) is 3.64. The Kier molecular flexibility index (Phi) is 3.06. The highest BCUT2D eigenvalue weighted by molar-refractivity contribution is 6.31. The van der Waals surface area contributed by atoms with Crippen molar-refractivity contribution in [3.05, 3.63) is 34.6 Å². The van der Waals surface area contributed by atoms with Gasteiger partial charge in [0.1, 0.15) is 0 Å². The minimum absolute atomic E-state index is 0.252. The summed E-state index contributed by atoms with van der Waals surface area (Å²) in [7, 11) is 0. The molecule has 2 heterocycles. The van der Waals surface area contributed by atoms with Crippen molar-refractivity contribution in [2.24, 2.45) is 0 Å². The summed E-state index contributed by atoms with van der Waals surface area (Å²) < 4.78 is 10.7. The van der Waals surface area contributed by atoms with Crippen LogP contribution in [0.1, 0.15) is 23.7 Å². The number of halogens is 1. The molecule has 0 aliphatic carbocycles. The molecule has 0 amide bonds. The Balaban J connectivity index is 1.95. The Labute approximate surface area is 110 Å². The van der Waals surface area contributed by atoms with Crippen LogP contribution in [0.5, 0.6) is 0 Å². The summed E-state index contributed by atoms with van der Waals surface area (Å²) in [4.78, 5) is 4.45. The molecule has 0 unspecified atom stereocenters. The lowest BCUT2D eigenvalue weighted by atomic mass is 10.1. The Bertz CT molecular complexity index is 562. The molecule has 4 nitrogen and oxygen atoms in total. The van der Waals surface area contributed by atoms with E-state index in [4.69, 9.17) is 20.9 Å². The van der Waals surface area contributed by atoms with E-state index in [0.29, 0.717) is 17.5 Å². The van der Waals surface area contributed by atoms with Gasteiger partial charge in [-0.15, -0.1) is 0 Å².